The number of hydrogen-bond donors (Lipinski definition) is 2. The molecule has 8 heteroatoms. The van der Waals surface area contributed by atoms with Gasteiger partial charge in [-0.1, -0.05) is 18.5 Å². The molecule has 0 spiro atoms. The first-order valence-corrected chi connectivity index (χ1v) is 8.38. The number of sulfonamides is 1. The Morgan fingerprint density at radius 1 is 1.42 bits per heavy atom. The number of amides is 1. The van der Waals surface area contributed by atoms with E-state index in [1.807, 2.05) is 0 Å². The van der Waals surface area contributed by atoms with Crippen molar-refractivity contribution in [1.29, 1.82) is 0 Å². The minimum absolute atomic E-state index is 0.0435. The predicted octanol–water partition coefficient (Wildman–Crippen LogP) is 1.77. The lowest BCUT2D eigenvalue weighted by Crippen LogP contribution is -2.34. The molecule has 0 aliphatic heterocycles. The molecule has 0 unspecified atom stereocenters. The maximum Gasteiger partial charge on any atom is 0.251 e. The van der Waals surface area contributed by atoms with Crippen LogP contribution in [-0.4, -0.2) is 33.2 Å². The summed E-state index contributed by atoms with van der Waals surface area (Å²) >= 11 is 9.10. The number of nitrogens with one attached hydrogen (secondary N) is 2. The van der Waals surface area contributed by atoms with E-state index >= 15 is 0 Å². The summed E-state index contributed by atoms with van der Waals surface area (Å²) in [6.45, 7) is 2.07. The SMILES string of the molecule is CCNS(=O)(=O)CCNC(=O)c1ccc(Br)c(Cl)c1. The zero-order valence-electron chi connectivity index (χ0n) is 10.2. The maximum absolute atomic E-state index is 11.8. The Labute approximate surface area is 125 Å². The molecule has 1 aromatic rings. The molecule has 106 valence electrons. The van der Waals surface area contributed by atoms with Crippen LogP contribution in [0, 0.1) is 0 Å². The van der Waals surface area contributed by atoms with Crippen LogP contribution >= 0.6 is 27.5 Å². The zero-order valence-corrected chi connectivity index (χ0v) is 13.4. The quantitative estimate of drug-likeness (QED) is 0.802. The summed E-state index contributed by atoms with van der Waals surface area (Å²) < 4.78 is 25.8. The van der Waals surface area contributed by atoms with Crippen molar-refractivity contribution in [2.45, 2.75) is 6.92 Å². The molecule has 0 bridgehead atoms. The van der Waals surface area contributed by atoms with E-state index in [1.54, 1.807) is 19.1 Å². The minimum atomic E-state index is -3.32. The Balaban J connectivity index is 2.54. The van der Waals surface area contributed by atoms with Gasteiger partial charge in [0.05, 0.1) is 10.8 Å². The highest BCUT2D eigenvalue weighted by Gasteiger charge is 2.11. The van der Waals surface area contributed by atoms with E-state index in [-0.39, 0.29) is 18.2 Å². The third-order valence-electron chi connectivity index (χ3n) is 2.20. The second-order valence-corrected chi connectivity index (χ2v) is 6.89. The van der Waals surface area contributed by atoms with Crippen LogP contribution in [-0.2, 0) is 10.0 Å². The number of halogens is 2. The first-order chi connectivity index (χ1) is 8.85. The Hall–Kier alpha value is -0.630. The van der Waals surface area contributed by atoms with Crippen molar-refractivity contribution < 1.29 is 13.2 Å². The topological polar surface area (TPSA) is 75.3 Å². The summed E-state index contributed by atoms with van der Waals surface area (Å²) in [4.78, 5) is 11.8. The van der Waals surface area contributed by atoms with Crippen molar-refractivity contribution in [2.24, 2.45) is 0 Å². The molecule has 0 saturated carbocycles. The van der Waals surface area contributed by atoms with E-state index in [4.69, 9.17) is 11.6 Å². The van der Waals surface area contributed by atoms with Crippen LogP contribution in [0.5, 0.6) is 0 Å². The lowest BCUT2D eigenvalue weighted by molar-refractivity contribution is 0.0956. The third-order valence-corrected chi connectivity index (χ3v) is 4.90. The molecule has 1 amide bonds. The van der Waals surface area contributed by atoms with Gasteiger partial charge in [-0.05, 0) is 34.1 Å². The van der Waals surface area contributed by atoms with Gasteiger partial charge in [0.1, 0.15) is 0 Å². The smallest absolute Gasteiger partial charge is 0.251 e. The van der Waals surface area contributed by atoms with E-state index in [0.717, 1.165) is 0 Å². The Bertz CT molecular complexity index is 563. The molecule has 0 atom stereocenters. The van der Waals surface area contributed by atoms with Crippen molar-refractivity contribution >= 4 is 43.5 Å². The van der Waals surface area contributed by atoms with Gasteiger partial charge in [0.25, 0.3) is 5.91 Å². The van der Waals surface area contributed by atoms with E-state index in [1.165, 1.54) is 6.07 Å². The number of rotatable bonds is 6. The van der Waals surface area contributed by atoms with Crippen LogP contribution in [0.1, 0.15) is 17.3 Å². The third kappa shape index (κ3) is 5.48. The van der Waals surface area contributed by atoms with Crippen LogP contribution < -0.4 is 10.0 Å². The average molecular weight is 370 g/mol. The molecule has 0 heterocycles. The highest BCUT2D eigenvalue weighted by molar-refractivity contribution is 9.10. The fourth-order valence-corrected chi connectivity index (χ4v) is 2.71. The summed E-state index contributed by atoms with van der Waals surface area (Å²) in [5.41, 5.74) is 0.383. The van der Waals surface area contributed by atoms with Crippen LogP contribution in [0.15, 0.2) is 22.7 Å². The van der Waals surface area contributed by atoms with Crippen molar-refractivity contribution in [2.75, 3.05) is 18.8 Å². The van der Waals surface area contributed by atoms with Gasteiger partial charge >= 0.3 is 0 Å². The predicted molar refractivity (Wildman–Crippen MR) is 78.9 cm³/mol. The number of hydrogen-bond acceptors (Lipinski definition) is 3. The van der Waals surface area contributed by atoms with Crippen LogP contribution in [0.4, 0.5) is 0 Å². The fourth-order valence-electron chi connectivity index (χ4n) is 1.33. The van der Waals surface area contributed by atoms with Crippen molar-refractivity contribution in [3.05, 3.63) is 33.3 Å². The molecule has 0 aliphatic carbocycles. The molecule has 0 fully saturated rings. The van der Waals surface area contributed by atoms with Gasteiger partial charge in [-0.15, -0.1) is 0 Å². The minimum Gasteiger partial charge on any atom is -0.351 e. The first kappa shape index (κ1) is 16.4. The second-order valence-electron chi connectivity index (χ2n) is 3.70. The Morgan fingerprint density at radius 3 is 2.68 bits per heavy atom. The summed E-state index contributed by atoms with van der Waals surface area (Å²) in [5.74, 6) is -0.516. The van der Waals surface area contributed by atoms with Crippen molar-refractivity contribution in [3.63, 3.8) is 0 Å². The molecule has 0 saturated heterocycles. The van der Waals surface area contributed by atoms with E-state index in [2.05, 4.69) is 26.0 Å². The van der Waals surface area contributed by atoms with E-state index in [9.17, 15) is 13.2 Å². The summed E-state index contributed by atoms with van der Waals surface area (Å²) in [5, 5.41) is 2.95. The molecule has 19 heavy (non-hydrogen) atoms. The average Bonchev–Trinajstić information content (AvgIpc) is 2.32. The summed E-state index contributed by atoms with van der Waals surface area (Å²) in [6.07, 6.45) is 0. The van der Waals surface area contributed by atoms with Gasteiger partial charge in [0.2, 0.25) is 10.0 Å². The maximum atomic E-state index is 11.8. The lowest BCUT2D eigenvalue weighted by atomic mass is 10.2. The monoisotopic (exact) mass is 368 g/mol. The molecular formula is C11H14BrClN2O3S. The zero-order chi connectivity index (χ0) is 14.5. The van der Waals surface area contributed by atoms with Gasteiger partial charge in [0.15, 0.2) is 0 Å². The molecule has 1 aromatic carbocycles. The van der Waals surface area contributed by atoms with Gasteiger partial charge in [0, 0.05) is 23.1 Å². The van der Waals surface area contributed by atoms with Gasteiger partial charge in [-0.25, -0.2) is 13.1 Å². The Morgan fingerprint density at radius 2 is 2.11 bits per heavy atom. The number of carbonyl (C=O) groups is 1. The van der Waals surface area contributed by atoms with Gasteiger partial charge < -0.3 is 5.32 Å². The summed E-state index contributed by atoms with van der Waals surface area (Å²) in [7, 11) is -3.32. The fraction of sp³-hybridized carbons (Fsp3) is 0.364. The molecule has 1 rings (SSSR count). The summed E-state index contributed by atoms with van der Waals surface area (Å²) in [6, 6.07) is 4.77. The van der Waals surface area contributed by atoms with E-state index < -0.39 is 10.0 Å². The van der Waals surface area contributed by atoms with Crippen LogP contribution in [0.25, 0.3) is 0 Å². The molecule has 2 N–H and O–H groups in total. The Kier molecular flexibility index (Phi) is 6.25. The van der Waals surface area contributed by atoms with Crippen LogP contribution in [0.3, 0.4) is 0 Å². The standard InChI is InChI=1S/C11H14BrClN2O3S/c1-2-15-19(17,18)6-5-14-11(16)8-3-4-9(12)10(13)7-8/h3-4,7,15H,2,5-6H2,1H3,(H,14,16). The number of carbonyl (C=O) groups excluding carboxylic acids is 1. The van der Waals surface area contributed by atoms with Gasteiger partial charge in [-0.3, -0.25) is 4.79 Å². The van der Waals surface area contributed by atoms with Crippen molar-refractivity contribution in [3.8, 4) is 0 Å². The normalized spacial score (nSPS) is 11.3. The largest absolute Gasteiger partial charge is 0.351 e. The molecule has 0 aliphatic rings. The number of benzene rings is 1. The van der Waals surface area contributed by atoms with E-state index in [0.29, 0.717) is 21.6 Å². The second kappa shape index (κ2) is 7.23. The van der Waals surface area contributed by atoms with Crippen LogP contribution in [0.2, 0.25) is 5.02 Å². The van der Waals surface area contributed by atoms with Crippen molar-refractivity contribution in [1.82, 2.24) is 10.0 Å². The van der Waals surface area contributed by atoms with Gasteiger partial charge in [-0.2, -0.15) is 0 Å². The highest BCUT2D eigenvalue weighted by Crippen LogP contribution is 2.22. The highest BCUT2D eigenvalue weighted by atomic mass is 79.9. The lowest BCUT2D eigenvalue weighted by Gasteiger charge is -2.07. The molecular weight excluding hydrogens is 356 g/mol. The first-order valence-electron chi connectivity index (χ1n) is 5.56. The molecule has 5 nitrogen and oxygen atoms in total. The molecule has 0 aromatic heterocycles. The molecule has 0 radical (unpaired) electrons.